The van der Waals surface area contributed by atoms with Gasteiger partial charge in [0.1, 0.15) is 0 Å². The highest BCUT2D eigenvalue weighted by Crippen LogP contribution is 2.26. The molecule has 3 N–H and O–H groups in total. The zero-order chi connectivity index (χ0) is 24.1. The summed E-state index contributed by atoms with van der Waals surface area (Å²) in [7, 11) is 2.10. The van der Waals surface area contributed by atoms with Crippen LogP contribution >= 0.6 is 23.2 Å². The summed E-state index contributed by atoms with van der Waals surface area (Å²) in [5.41, 5.74) is 8.79. The number of nitrogens with one attached hydrogen (secondary N) is 1. The van der Waals surface area contributed by atoms with Crippen molar-refractivity contribution in [2.24, 2.45) is 0 Å². The molecular formula is C25H27Cl2N5O2. The number of aromatic nitrogens is 2. The lowest BCUT2D eigenvalue weighted by Gasteiger charge is -2.29. The van der Waals surface area contributed by atoms with Gasteiger partial charge in [-0.2, -0.15) is 0 Å². The number of halogens is 2. The van der Waals surface area contributed by atoms with Crippen molar-refractivity contribution < 1.29 is 9.53 Å². The van der Waals surface area contributed by atoms with Gasteiger partial charge >= 0.3 is 0 Å². The van der Waals surface area contributed by atoms with Crippen molar-refractivity contribution in [2.45, 2.75) is 25.3 Å². The summed E-state index contributed by atoms with van der Waals surface area (Å²) in [6.07, 6.45) is 4.02. The van der Waals surface area contributed by atoms with Crippen molar-refractivity contribution in [1.82, 2.24) is 20.2 Å². The fourth-order valence-electron chi connectivity index (χ4n) is 3.86. The second-order valence-electron chi connectivity index (χ2n) is 8.37. The third-order valence-corrected chi connectivity index (χ3v) is 6.62. The normalized spacial score (nSPS) is 14.7. The van der Waals surface area contributed by atoms with E-state index in [1.165, 1.54) is 0 Å². The first-order valence-electron chi connectivity index (χ1n) is 11.2. The van der Waals surface area contributed by atoms with Gasteiger partial charge in [-0.1, -0.05) is 41.4 Å². The number of benzene rings is 2. The van der Waals surface area contributed by atoms with Crippen molar-refractivity contribution in [3.05, 3.63) is 69.8 Å². The fourth-order valence-corrected chi connectivity index (χ4v) is 4.45. The molecule has 34 heavy (non-hydrogen) atoms. The highest BCUT2D eigenvalue weighted by Gasteiger charge is 2.19. The van der Waals surface area contributed by atoms with Gasteiger partial charge in [-0.05, 0) is 62.8 Å². The van der Waals surface area contributed by atoms with Crippen LogP contribution in [0, 0.1) is 0 Å². The Morgan fingerprint density at radius 2 is 1.82 bits per heavy atom. The summed E-state index contributed by atoms with van der Waals surface area (Å²) in [6.45, 7) is 2.28. The van der Waals surface area contributed by atoms with E-state index in [2.05, 4.69) is 27.2 Å². The van der Waals surface area contributed by atoms with Gasteiger partial charge in [-0.15, -0.1) is 0 Å². The number of ether oxygens (including phenoxy) is 1. The molecule has 1 aromatic heterocycles. The lowest BCUT2D eigenvalue weighted by molar-refractivity contribution is 0.0917. The minimum absolute atomic E-state index is 0.0632. The first-order chi connectivity index (χ1) is 16.4. The van der Waals surface area contributed by atoms with Crippen molar-refractivity contribution >= 4 is 34.9 Å². The Morgan fingerprint density at radius 1 is 1.15 bits per heavy atom. The molecule has 3 aromatic rings. The Hall–Kier alpha value is -2.87. The quantitative estimate of drug-likeness (QED) is 0.497. The molecule has 1 amide bonds. The highest BCUT2D eigenvalue weighted by atomic mass is 35.5. The third-order valence-electron chi connectivity index (χ3n) is 5.92. The number of carbonyl (C=O) groups excluding carboxylic acids is 1. The van der Waals surface area contributed by atoms with E-state index in [9.17, 15) is 4.79 Å². The predicted octanol–water partition coefficient (Wildman–Crippen LogP) is 4.48. The number of nitrogen functional groups attached to an aromatic ring is 1. The predicted molar refractivity (Wildman–Crippen MR) is 136 cm³/mol. The number of hydrogen-bond donors (Lipinski definition) is 2. The minimum atomic E-state index is -0.0632. The summed E-state index contributed by atoms with van der Waals surface area (Å²) in [6, 6.07) is 12.9. The van der Waals surface area contributed by atoms with Gasteiger partial charge in [0, 0.05) is 33.6 Å². The highest BCUT2D eigenvalue weighted by molar-refractivity contribution is 6.36. The van der Waals surface area contributed by atoms with Crippen LogP contribution in [0.25, 0.3) is 11.3 Å². The van der Waals surface area contributed by atoms with E-state index < -0.39 is 0 Å². The molecule has 0 atom stereocenters. The van der Waals surface area contributed by atoms with Crippen molar-refractivity contribution in [3.8, 4) is 17.1 Å². The lowest BCUT2D eigenvalue weighted by Crippen LogP contribution is -2.43. The van der Waals surface area contributed by atoms with Crippen LogP contribution in [0.5, 0.6) is 5.88 Å². The first kappa shape index (κ1) is 24.3. The average molecular weight is 500 g/mol. The monoisotopic (exact) mass is 499 g/mol. The van der Waals surface area contributed by atoms with Crippen molar-refractivity contribution in [3.63, 3.8) is 0 Å². The Balaban J connectivity index is 1.39. The number of piperidine rings is 1. The Labute approximate surface area is 209 Å². The van der Waals surface area contributed by atoms with Gasteiger partial charge in [0.25, 0.3) is 11.8 Å². The van der Waals surface area contributed by atoms with Gasteiger partial charge < -0.3 is 20.7 Å². The van der Waals surface area contributed by atoms with Gasteiger partial charge in [0.05, 0.1) is 18.5 Å². The van der Waals surface area contributed by atoms with E-state index in [0.29, 0.717) is 34.3 Å². The zero-order valence-electron chi connectivity index (χ0n) is 18.9. The number of nitrogens with zero attached hydrogens (tertiary/aromatic N) is 3. The number of rotatable bonds is 7. The first-order valence-corrected chi connectivity index (χ1v) is 11.9. The maximum atomic E-state index is 12.6. The van der Waals surface area contributed by atoms with Crippen LogP contribution in [-0.4, -0.2) is 53.6 Å². The molecule has 1 aliphatic heterocycles. The standard InChI is InChI=1S/C25H27Cl2N5O2/c1-32-12-9-18(10-13-32)30-24(33)17-7-5-16(6-8-17)22-15-29-23(28)25(31-22)34-14-11-19-20(26)3-2-4-21(19)27/h2-8,15,18H,9-14H2,1H3,(H2,28,29)(H,30,33). The SMILES string of the molecule is CN1CCC(NC(=O)c2ccc(-c3cnc(N)c(OCCc4c(Cl)cccc4Cl)n3)cc2)CC1. The van der Waals surface area contributed by atoms with Gasteiger partial charge in [-0.25, -0.2) is 9.97 Å². The number of likely N-dealkylation sites (tertiary alicyclic amines) is 1. The Kier molecular flexibility index (Phi) is 7.88. The molecule has 9 heteroatoms. The molecule has 4 rings (SSSR count). The van der Waals surface area contributed by atoms with Gasteiger partial charge in [0.2, 0.25) is 0 Å². The third kappa shape index (κ3) is 5.97. The van der Waals surface area contributed by atoms with Crippen LogP contribution in [0.1, 0.15) is 28.8 Å². The second-order valence-corrected chi connectivity index (χ2v) is 9.19. The number of amides is 1. The molecule has 0 bridgehead atoms. The van der Waals surface area contributed by atoms with Crippen LogP contribution in [0.2, 0.25) is 10.0 Å². The van der Waals surface area contributed by atoms with E-state index in [0.717, 1.165) is 37.1 Å². The number of hydrogen-bond acceptors (Lipinski definition) is 6. The molecule has 0 spiro atoms. The molecule has 178 valence electrons. The van der Waals surface area contributed by atoms with Gasteiger partial charge in [0.15, 0.2) is 5.82 Å². The van der Waals surface area contributed by atoms with Crippen LogP contribution in [0.3, 0.4) is 0 Å². The molecule has 0 radical (unpaired) electrons. The van der Waals surface area contributed by atoms with Crippen LogP contribution in [-0.2, 0) is 6.42 Å². The van der Waals surface area contributed by atoms with E-state index in [-0.39, 0.29) is 23.6 Å². The summed E-state index contributed by atoms with van der Waals surface area (Å²) in [5, 5.41) is 4.30. The van der Waals surface area contributed by atoms with Crippen molar-refractivity contribution in [2.75, 3.05) is 32.5 Å². The maximum absolute atomic E-state index is 12.6. The summed E-state index contributed by atoms with van der Waals surface area (Å²) < 4.78 is 5.78. The molecule has 2 heterocycles. The van der Waals surface area contributed by atoms with E-state index in [1.807, 2.05) is 12.1 Å². The van der Waals surface area contributed by atoms with Crippen LogP contribution < -0.4 is 15.8 Å². The minimum Gasteiger partial charge on any atom is -0.475 e. The topological polar surface area (TPSA) is 93.4 Å². The Morgan fingerprint density at radius 3 is 2.50 bits per heavy atom. The number of anilines is 1. The van der Waals surface area contributed by atoms with Crippen LogP contribution in [0.4, 0.5) is 5.82 Å². The summed E-state index contributed by atoms with van der Waals surface area (Å²) in [5.74, 6) is 0.375. The van der Waals surface area contributed by atoms with Gasteiger partial charge in [-0.3, -0.25) is 4.79 Å². The molecule has 1 fully saturated rings. The fraction of sp³-hybridized carbons (Fsp3) is 0.320. The summed E-state index contributed by atoms with van der Waals surface area (Å²) >= 11 is 12.4. The number of carbonyl (C=O) groups is 1. The molecule has 0 aliphatic carbocycles. The zero-order valence-corrected chi connectivity index (χ0v) is 20.4. The van der Waals surface area contributed by atoms with Crippen LogP contribution in [0.15, 0.2) is 48.7 Å². The van der Waals surface area contributed by atoms with E-state index >= 15 is 0 Å². The smallest absolute Gasteiger partial charge is 0.257 e. The molecule has 1 saturated heterocycles. The molecule has 0 unspecified atom stereocenters. The molecule has 0 saturated carbocycles. The molecular weight excluding hydrogens is 473 g/mol. The lowest BCUT2D eigenvalue weighted by atomic mass is 10.0. The van der Waals surface area contributed by atoms with E-state index in [4.69, 9.17) is 33.7 Å². The van der Waals surface area contributed by atoms with E-state index in [1.54, 1.807) is 36.5 Å². The number of nitrogens with two attached hydrogens (primary N) is 1. The Bertz CT molecular complexity index is 1130. The maximum Gasteiger partial charge on any atom is 0.257 e. The summed E-state index contributed by atoms with van der Waals surface area (Å²) in [4.78, 5) is 23.6. The van der Waals surface area contributed by atoms with Crippen molar-refractivity contribution in [1.29, 1.82) is 0 Å². The molecule has 7 nitrogen and oxygen atoms in total. The average Bonchev–Trinajstić information content (AvgIpc) is 2.83. The second kappa shape index (κ2) is 11.0. The molecule has 1 aliphatic rings. The largest absolute Gasteiger partial charge is 0.475 e. The molecule has 2 aromatic carbocycles.